The zero-order valence-corrected chi connectivity index (χ0v) is 19.2. The Labute approximate surface area is 193 Å². The molecule has 174 valence electrons. The monoisotopic (exact) mass is 450 g/mol. The van der Waals surface area contributed by atoms with Crippen LogP contribution in [0.3, 0.4) is 0 Å². The Morgan fingerprint density at radius 2 is 1.67 bits per heavy atom. The minimum atomic E-state index is -0.444. The fraction of sp³-hybridized carbons (Fsp3) is 0.360. The number of nitrogens with one attached hydrogen (secondary N) is 3. The summed E-state index contributed by atoms with van der Waals surface area (Å²) in [6.45, 7) is 6.81. The Morgan fingerprint density at radius 3 is 2.33 bits per heavy atom. The molecule has 8 nitrogen and oxygen atoms in total. The highest BCUT2D eigenvalue weighted by molar-refractivity contribution is 6.03. The van der Waals surface area contributed by atoms with Gasteiger partial charge in [-0.3, -0.25) is 19.2 Å². The van der Waals surface area contributed by atoms with Crippen molar-refractivity contribution in [3.8, 4) is 0 Å². The number of amides is 4. The smallest absolute Gasteiger partial charge is 0.251 e. The molecule has 33 heavy (non-hydrogen) atoms. The standard InChI is InChI=1S/C25H30N4O4/c1-4-22(30)26-11-12-27-24(32)18-6-8-20(9-7-18)28-25(33)19-14-23(31)29(15-19)21-10-5-16(2)17(3)13-21/h5-10,13,19H,4,11-12,14-15H2,1-3H3,(H,26,30)(H,27,32)(H,28,33). The lowest BCUT2D eigenvalue weighted by Crippen LogP contribution is -2.34. The highest BCUT2D eigenvalue weighted by Crippen LogP contribution is 2.27. The third-order valence-electron chi connectivity index (χ3n) is 5.77. The quantitative estimate of drug-likeness (QED) is 0.537. The van der Waals surface area contributed by atoms with Gasteiger partial charge in [-0.1, -0.05) is 13.0 Å². The topological polar surface area (TPSA) is 108 Å². The SMILES string of the molecule is CCC(=O)NCCNC(=O)c1ccc(NC(=O)C2CC(=O)N(c3ccc(C)c(C)c3)C2)cc1. The summed E-state index contributed by atoms with van der Waals surface area (Å²) in [5.74, 6) is -1.06. The molecule has 0 bridgehead atoms. The minimum Gasteiger partial charge on any atom is -0.354 e. The van der Waals surface area contributed by atoms with Crippen molar-refractivity contribution >= 4 is 35.0 Å². The molecule has 1 heterocycles. The summed E-state index contributed by atoms with van der Waals surface area (Å²) in [6.07, 6.45) is 0.563. The van der Waals surface area contributed by atoms with E-state index < -0.39 is 5.92 Å². The van der Waals surface area contributed by atoms with Gasteiger partial charge in [-0.2, -0.15) is 0 Å². The zero-order valence-electron chi connectivity index (χ0n) is 19.2. The van der Waals surface area contributed by atoms with Crippen LogP contribution in [-0.2, 0) is 14.4 Å². The van der Waals surface area contributed by atoms with Crippen LogP contribution in [0, 0.1) is 19.8 Å². The summed E-state index contributed by atoms with van der Waals surface area (Å²) < 4.78 is 0. The van der Waals surface area contributed by atoms with Crippen LogP contribution in [0.4, 0.5) is 11.4 Å². The molecular weight excluding hydrogens is 420 g/mol. The van der Waals surface area contributed by atoms with E-state index in [9.17, 15) is 19.2 Å². The number of benzene rings is 2. The van der Waals surface area contributed by atoms with Crippen molar-refractivity contribution in [2.45, 2.75) is 33.6 Å². The molecule has 1 aliphatic rings. The van der Waals surface area contributed by atoms with Gasteiger partial charge in [-0.05, 0) is 61.4 Å². The van der Waals surface area contributed by atoms with Crippen molar-refractivity contribution in [1.82, 2.24) is 10.6 Å². The van der Waals surface area contributed by atoms with Gasteiger partial charge in [0.25, 0.3) is 5.91 Å². The van der Waals surface area contributed by atoms with E-state index in [-0.39, 0.29) is 30.0 Å². The van der Waals surface area contributed by atoms with E-state index in [1.807, 2.05) is 32.0 Å². The molecule has 1 fully saturated rings. The molecule has 0 saturated carbocycles. The Morgan fingerprint density at radius 1 is 0.970 bits per heavy atom. The van der Waals surface area contributed by atoms with Crippen LogP contribution in [0.5, 0.6) is 0 Å². The fourth-order valence-electron chi connectivity index (χ4n) is 3.58. The largest absolute Gasteiger partial charge is 0.354 e. The van der Waals surface area contributed by atoms with Crippen LogP contribution < -0.4 is 20.9 Å². The van der Waals surface area contributed by atoms with Crippen LogP contribution in [-0.4, -0.2) is 43.3 Å². The van der Waals surface area contributed by atoms with Gasteiger partial charge in [0.1, 0.15) is 0 Å². The molecule has 1 atom stereocenters. The summed E-state index contributed by atoms with van der Waals surface area (Å²) in [5, 5.41) is 8.26. The first-order valence-electron chi connectivity index (χ1n) is 11.1. The molecule has 3 N–H and O–H groups in total. The van der Waals surface area contributed by atoms with Crippen molar-refractivity contribution in [3.63, 3.8) is 0 Å². The molecular formula is C25H30N4O4. The highest BCUT2D eigenvalue weighted by atomic mass is 16.2. The van der Waals surface area contributed by atoms with Gasteiger partial charge in [-0.25, -0.2) is 0 Å². The van der Waals surface area contributed by atoms with Crippen LogP contribution >= 0.6 is 0 Å². The summed E-state index contributed by atoms with van der Waals surface area (Å²) in [6, 6.07) is 12.4. The summed E-state index contributed by atoms with van der Waals surface area (Å²) >= 11 is 0. The maximum Gasteiger partial charge on any atom is 0.251 e. The average Bonchev–Trinajstić information content (AvgIpc) is 3.20. The second-order valence-electron chi connectivity index (χ2n) is 8.20. The second-order valence-corrected chi connectivity index (χ2v) is 8.20. The molecule has 2 aromatic carbocycles. The second kappa shape index (κ2) is 10.8. The molecule has 8 heteroatoms. The number of hydrogen-bond acceptors (Lipinski definition) is 4. The number of aryl methyl sites for hydroxylation is 2. The molecule has 0 spiro atoms. The van der Waals surface area contributed by atoms with Gasteiger partial charge in [0, 0.05) is 49.4 Å². The lowest BCUT2D eigenvalue weighted by Gasteiger charge is -2.18. The van der Waals surface area contributed by atoms with E-state index in [4.69, 9.17) is 0 Å². The third kappa shape index (κ3) is 6.19. The van der Waals surface area contributed by atoms with Crippen molar-refractivity contribution < 1.29 is 19.2 Å². The van der Waals surface area contributed by atoms with Crippen molar-refractivity contribution in [2.24, 2.45) is 5.92 Å². The molecule has 1 saturated heterocycles. The number of hydrogen-bond donors (Lipinski definition) is 3. The van der Waals surface area contributed by atoms with Gasteiger partial charge in [0.2, 0.25) is 17.7 Å². The van der Waals surface area contributed by atoms with E-state index in [1.54, 1.807) is 36.1 Å². The molecule has 0 radical (unpaired) electrons. The highest BCUT2D eigenvalue weighted by Gasteiger charge is 2.35. The lowest BCUT2D eigenvalue weighted by atomic mass is 10.1. The predicted molar refractivity (Wildman–Crippen MR) is 127 cm³/mol. The van der Waals surface area contributed by atoms with Crippen LogP contribution in [0.15, 0.2) is 42.5 Å². The maximum absolute atomic E-state index is 12.7. The van der Waals surface area contributed by atoms with E-state index >= 15 is 0 Å². The summed E-state index contributed by atoms with van der Waals surface area (Å²) in [4.78, 5) is 50.3. The summed E-state index contributed by atoms with van der Waals surface area (Å²) in [7, 11) is 0. The van der Waals surface area contributed by atoms with E-state index in [0.717, 1.165) is 16.8 Å². The van der Waals surface area contributed by atoms with Gasteiger partial charge < -0.3 is 20.9 Å². The molecule has 4 amide bonds. The van der Waals surface area contributed by atoms with Gasteiger partial charge >= 0.3 is 0 Å². The Kier molecular flexibility index (Phi) is 7.82. The van der Waals surface area contributed by atoms with Gasteiger partial charge in [-0.15, -0.1) is 0 Å². The Hall–Kier alpha value is -3.68. The maximum atomic E-state index is 12.7. The van der Waals surface area contributed by atoms with Crippen LogP contribution in [0.1, 0.15) is 41.3 Å². The number of carbonyl (C=O) groups is 4. The van der Waals surface area contributed by atoms with E-state index in [1.165, 1.54) is 0 Å². The average molecular weight is 451 g/mol. The molecule has 0 aromatic heterocycles. The molecule has 3 rings (SSSR count). The van der Waals surface area contributed by atoms with Crippen LogP contribution in [0.2, 0.25) is 0 Å². The van der Waals surface area contributed by atoms with E-state index in [0.29, 0.717) is 37.3 Å². The first kappa shape index (κ1) is 24.0. The number of rotatable bonds is 8. The Balaban J connectivity index is 1.52. The first-order chi connectivity index (χ1) is 15.8. The Bertz CT molecular complexity index is 1050. The number of carbonyl (C=O) groups excluding carboxylic acids is 4. The predicted octanol–water partition coefficient (Wildman–Crippen LogP) is 2.55. The summed E-state index contributed by atoms with van der Waals surface area (Å²) in [5.41, 5.74) is 4.07. The van der Waals surface area contributed by atoms with Gasteiger partial charge in [0.15, 0.2) is 0 Å². The zero-order chi connectivity index (χ0) is 24.0. The number of nitrogens with zero attached hydrogens (tertiary/aromatic N) is 1. The van der Waals surface area contributed by atoms with Crippen molar-refractivity contribution in [3.05, 3.63) is 59.2 Å². The molecule has 0 aliphatic carbocycles. The van der Waals surface area contributed by atoms with Crippen molar-refractivity contribution in [1.29, 1.82) is 0 Å². The fourth-order valence-corrected chi connectivity index (χ4v) is 3.58. The normalized spacial score (nSPS) is 15.3. The first-order valence-corrected chi connectivity index (χ1v) is 11.1. The minimum absolute atomic E-state index is 0.0644. The molecule has 1 unspecified atom stereocenters. The molecule has 1 aliphatic heterocycles. The van der Waals surface area contributed by atoms with E-state index in [2.05, 4.69) is 16.0 Å². The lowest BCUT2D eigenvalue weighted by molar-refractivity contribution is -0.122. The third-order valence-corrected chi connectivity index (χ3v) is 5.77. The van der Waals surface area contributed by atoms with Gasteiger partial charge in [0.05, 0.1) is 5.92 Å². The number of anilines is 2. The molecule has 2 aromatic rings. The van der Waals surface area contributed by atoms with Crippen LogP contribution in [0.25, 0.3) is 0 Å². The van der Waals surface area contributed by atoms with Crippen molar-refractivity contribution in [2.75, 3.05) is 29.9 Å².